The number of carbonyl (C=O) groups excluding carboxylic acids is 1. The predicted molar refractivity (Wildman–Crippen MR) is 76.8 cm³/mol. The van der Waals surface area contributed by atoms with Crippen LogP contribution in [0.2, 0.25) is 0 Å². The molecule has 0 spiro atoms. The summed E-state index contributed by atoms with van der Waals surface area (Å²) < 4.78 is 18.1. The molecule has 0 fully saturated rings. The molecule has 0 aliphatic heterocycles. The molecule has 104 valence electrons. The summed E-state index contributed by atoms with van der Waals surface area (Å²) in [6, 6.07) is 13.0. The van der Waals surface area contributed by atoms with E-state index in [0.29, 0.717) is 11.3 Å². The Labute approximate surface area is 118 Å². The van der Waals surface area contributed by atoms with Gasteiger partial charge in [0.2, 0.25) is 0 Å². The number of Topliss-reactive ketones (excluding diaryl/α,β-unsaturated/α-hetero) is 1. The first-order chi connectivity index (χ1) is 9.45. The van der Waals surface area contributed by atoms with Gasteiger partial charge in [0, 0.05) is 5.56 Å². The second kappa shape index (κ2) is 5.45. The molecule has 0 amide bonds. The monoisotopic (exact) mass is 272 g/mol. The van der Waals surface area contributed by atoms with Crippen LogP contribution in [0, 0.1) is 5.82 Å². The van der Waals surface area contributed by atoms with E-state index < -0.39 is 5.41 Å². The average molecular weight is 272 g/mol. The van der Waals surface area contributed by atoms with E-state index in [1.165, 1.54) is 12.1 Å². The Kier molecular flexibility index (Phi) is 3.89. The minimum Gasteiger partial charge on any atom is -0.497 e. The van der Waals surface area contributed by atoms with Gasteiger partial charge in [0.1, 0.15) is 11.6 Å². The average Bonchev–Trinajstić information content (AvgIpc) is 2.47. The summed E-state index contributed by atoms with van der Waals surface area (Å²) in [5, 5.41) is 0. The Hall–Kier alpha value is -2.16. The van der Waals surface area contributed by atoms with Crippen molar-refractivity contribution in [2.75, 3.05) is 7.11 Å². The molecule has 0 aromatic heterocycles. The maximum atomic E-state index is 13.0. The zero-order valence-electron chi connectivity index (χ0n) is 11.8. The van der Waals surface area contributed by atoms with Crippen LogP contribution in [0.3, 0.4) is 0 Å². The van der Waals surface area contributed by atoms with Crippen LogP contribution in [0.4, 0.5) is 4.39 Å². The quantitative estimate of drug-likeness (QED) is 0.786. The number of benzene rings is 2. The van der Waals surface area contributed by atoms with Crippen LogP contribution in [0.1, 0.15) is 29.8 Å². The van der Waals surface area contributed by atoms with Crippen LogP contribution in [-0.2, 0) is 5.41 Å². The lowest BCUT2D eigenvalue weighted by Crippen LogP contribution is -2.29. The highest BCUT2D eigenvalue weighted by Crippen LogP contribution is 2.28. The molecule has 2 aromatic carbocycles. The van der Waals surface area contributed by atoms with E-state index in [-0.39, 0.29) is 11.6 Å². The lowest BCUT2D eigenvalue weighted by molar-refractivity contribution is 0.0908. The number of methoxy groups -OCH3 is 1. The van der Waals surface area contributed by atoms with Gasteiger partial charge >= 0.3 is 0 Å². The number of carbonyl (C=O) groups is 1. The molecule has 0 heterocycles. The summed E-state index contributed by atoms with van der Waals surface area (Å²) in [5.74, 6) is 0.398. The van der Waals surface area contributed by atoms with Gasteiger partial charge in [-0.1, -0.05) is 12.1 Å². The maximum Gasteiger partial charge on any atom is 0.172 e. The Balaban J connectivity index is 2.32. The van der Waals surface area contributed by atoms with Gasteiger partial charge in [-0.05, 0) is 55.8 Å². The zero-order valence-corrected chi connectivity index (χ0v) is 11.8. The second-order valence-corrected chi connectivity index (χ2v) is 5.19. The molecule has 0 N–H and O–H groups in total. The molecule has 0 saturated carbocycles. The molecule has 0 saturated heterocycles. The topological polar surface area (TPSA) is 26.3 Å². The van der Waals surface area contributed by atoms with Crippen molar-refractivity contribution in [3.05, 3.63) is 65.5 Å². The Morgan fingerprint density at radius 1 is 1.00 bits per heavy atom. The smallest absolute Gasteiger partial charge is 0.172 e. The Bertz CT molecular complexity index is 598. The van der Waals surface area contributed by atoms with E-state index in [4.69, 9.17) is 4.74 Å². The highest BCUT2D eigenvalue weighted by molar-refractivity contribution is 6.03. The second-order valence-electron chi connectivity index (χ2n) is 5.19. The summed E-state index contributed by atoms with van der Waals surface area (Å²) in [4.78, 5) is 12.6. The first-order valence-electron chi connectivity index (χ1n) is 6.40. The van der Waals surface area contributed by atoms with Gasteiger partial charge < -0.3 is 4.74 Å². The largest absolute Gasteiger partial charge is 0.497 e. The van der Waals surface area contributed by atoms with Gasteiger partial charge in [-0.15, -0.1) is 0 Å². The molecule has 0 bridgehead atoms. The molecule has 0 aliphatic carbocycles. The normalized spacial score (nSPS) is 11.2. The number of ketones is 1. The van der Waals surface area contributed by atoms with Gasteiger partial charge in [-0.3, -0.25) is 4.79 Å². The van der Waals surface area contributed by atoms with Crippen LogP contribution in [-0.4, -0.2) is 12.9 Å². The molecule has 2 aromatic rings. The van der Waals surface area contributed by atoms with E-state index in [0.717, 1.165) is 5.56 Å². The highest BCUT2D eigenvalue weighted by Gasteiger charge is 2.30. The Morgan fingerprint density at radius 2 is 1.55 bits per heavy atom. The number of hydrogen-bond acceptors (Lipinski definition) is 2. The van der Waals surface area contributed by atoms with Crippen molar-refractivity contribution < 1.29 is 13.9 Å². The number of ether oxygens (including phenoxy) is 1. The van der Waals surface area contributed by atoms with Crippen molar-refractivity contribution >= 4 is 5.78 Å². The molecular formula is C17H17FO2. The third kappa shape index (κ3) is 2.72. The molecule has 2 nitrogen and oxygen atoms in total. The summed E-state index contributed by atoms with van der Waals surface area (Å²) in [6.45, 7) is 3.68. The highest BCUT2D eigenvalue weighted by atomic mass is 19.1. The van der Waals surface area contributed by atoms with Crippen molar-refractivity contribution in [1.29, 1.82) is 0 Å². The van der Waals surface area contributed by atoms with Crippen LogP contribution in [0.5, 0.6) is 5.75 Å². The summed E-state index contributed by atoms with van der Waals surface area (Å²) in [7, 11) is 1.58. The predicted octanol–water partition coefficient (Wildman–Crippen LogP) is 3.99. The molecule has 0 unspecified atom stereocenters. The zero-order chi connectivity index (χ0) is 14.8. The minimum absolute atomic E-state index is 0.00763. The van der Waals surface area contributed by atoms with Crippen molar-refractivity contribution in [3.63, 3.8) is 0 Å². The van der Waals surface area contributed by atoms with Crippen LogP contribution in [0.25, 0.3) is 0 Å². The first-order valence-corrected chi connectivity index (χ1v) is 6.40. The molecule has 20 heavy (non-hydrogen) atoms. The fourth-order valence-corrected chi connectivity index (χ4v) is 2.10. The fraction of sp³-hybridized carbons (Fsp3) is 0.235. The minimum atomic E-state index is -0.706. The summed E-state index contributed by atoms with van der Waals surface area (Å²) >= 11 is 0. The van der Waals surface area contributed by atoms with E-state index in [1.807, 2.05) is 13.8 Å². The molecule has 2 rings (SSSR count). The molecule has 0 radical (unpaired) electrons. The van der Waals surface area contributed by atoms with Crippen molar-refractivity contribution in [1.82, 2.24) is 0 Å². The number of halogens is 1. The first kappa shape index (κ1) is 14.3. The lowest BCUT2D eigenvalue weighted by atomic mass is 9.78. The van der Waals surface area contributed by atoms with Crippen molar-refractivity contribution in [2.24, 2.45) is 0 Å². The van der Waals surface area contributed by atoms with E-state index in [9.17, 15) is 9.18 Å². The van der Waals surface area contributed by atoms with Crippen molar-refractivity contribution in [3.8, 4) is 5.75 Å². The molecule has 3 heteroatoms. The van der Waals surface area contributed by atoms with Crippen molar-refractivity contribution in [2.45, 2.75) is 19.3 Å². The van der Waals surface area contributed by atoms with Crippen LogP contribution < -0.4 is 4.74 Å². The van der Waals surface area contributed by atoms with Crippen LogP contribution in [0.15, 0.2) is 48.5 Å². The van der Waals surface area contributed by atoms with Gasteiger partial charge in [0.15, 0.2) is 5.78 Å². The third-order valence-electron chi connectivity index (χ3n) is 3.49. The molecular weight excluding hydrogens is 255 g/mol. The van der Waals surface area contributed by atoms with Gasteiger partial charge in [0.05, 0.1) is 12.5 Å². The summed E-state index contributed by atoms with van der Waals surface area (Å²) in [5.41, 5.74) is 0.697. The van der Waals surface area contributed by atoms with Crippen LogP contribution >= 0.6 is 0 Å². The maximum absolute atomic E-state index is 13.0. The Morgan fingerprint density at radius 3 is 2.05 bits per heavy atom. The van der Waals surface area contributed by atoms with Gasteiger partial charge in [-0.2, -0.15) is 0 Å². The van der Waals surface area contributed by atoms with E-state index in [2.05, 4.69) is 0 Å². The van der Waals surface area contributed by atoms with Gasteiger partial charge in [0.25, 0.3) is 0 Å². The SMILES string of the molecule is COc1ccc(C(=O)C(C)(C)c2ccc(F)cc2)cc1. The number of hydrogen-bond donors (Lipinski definition) is 0. The fourth-order valence-electron chi connectivity index (χ4n) is 2.10. The summed E-state index contributed by atoms with van der Waals surface area (Å²) in [6.07, 6.45) is 0. The molecule has 0 aliphatic rings. The lowest BCUT2D eigenvalue weighted by Gasteiger charge is -2.24. The van der Waals surface area contributed by atoms with E-state index >= 15 is 0 Å². The number of rotatable bonds is 4. The standard InChI is InChI=1S/C17H17FO2/c1-17(2,13-6-8-14(18)9-7-13)16(19)12-4-10-15(20-3)11-5-12/h4-11H,1-3H3. The van der Waals surface area contributed by atoms with E-state index in [1.54, 1.807) is 43.5 Å². The van der Waals surface area contributed by atoms with Gasteiger partial charge in [-0.25, -0.2) is 4.39 Å². The molecule has 0 atom stereocenters. The third-order valence-corrected chi connectivity index (χ3v) is 3.49.